The van der Waals surface area contributed by atoms with Crippen LogP contribution in [-0.2, 0) is 6.54 Å². The van der Waals surface area contributed by atoms with Crippen LogP contribution in [0.15, 0.2) is 29.3 Å². The summed E-state index contributed by atoms with van der Waals surface area (Å²) in [5, 5.41) is 6.87. The molecule has 0 spiro atoms. The first-order chi connectivity index (χ1) is 13.3. The summed E-state index contributed by atoms with van der Waals surface area (Å²) in [5.74, 6) is 1.76. The van der Waals surface area contributed by atoms with E-state index in [0.717, 1.165) is 56.5 Å². The van der Waals surface area contributed by atoms with Gasteiger partial charge in [0.05, 0.1) is 6.54 Å². The van der Waals surface area contributed by atoms with Crippen LogP contribution in [0.4, 0.5) is 0 Å². The number of nitrogens with one attached hydrogen (secondary N) is 2. The molecule has 1 aromatic rings. The van der Waals surface area contributed by atoms with Crippen LogP contribution >= 0.6 is 0 Å². The number of guanidine groups is 1. The molecule has 0 saturated carbocycles. The quantitative estimate of drug-likeness (QED) is 0.554. The average Bonchev–Trinajstić information content (AvgIpc) is 2.64. The highest BCUT2D eigenvalue weighted by molar-refractivity contribution is 5.79. The molecule has 1 saturated heterocycles. The number of rotatable bonds is 7. The minimum Gasteiger partial charge on any atom is -0.488 e. The number of piperazine rings is 1. The first kappa shape index (κ1) is 22.5. The van der Waals surface area contributed by atoms with E-state index in [2.05, 4.69) is 68.2 Å². The van der Waals surface area contributed by atoms with Crippen LogP contribution in [0, 0.1) is 0 Å². The van der Waals surface area contributed by atoms with E-state index in [9.17, 15) is 0 Å². The predicted molar refractivity (Wildman–Crippen MR) is 118 cm³/mol. The van der Waals surface area contributed by atoms with Gasteiger partial charge in [0.2, 0.25) is 0 Å². The lowest BCUT2D eigenvalue weighted by atomic mass is 10.1. The summed E-state index contributed by atoms with van der Waals surface area (Å²) in [7, 11) is 2.19. The van der Waals surface area contributed by atoms with E-state index in [1.807, 2.05) is 18.2 Å². The maximum absolute atomic E-state index is 6.09. The van der Waals surface area contributed by atoms with Crippen LogP contribution in [0.2, 0.25) is 0 Å². The Kier molecular flexibility index (Phi) is 8.58. The van der Waals surface area contributed by atoms with Crippen molar-refractivity contribution in [3.63, 3.8) is 0 Å². The van der Waals surface area contributed by atoms with Gasteiger partial charge in [-0.15, -0.1) is 0 Å². The molecule has 0 aromatic heterocycles. The second-order valence-electron chi connectivity index (χ2n) is 8.59. The first-order valence-corrected chi connectivity index (χ1v) is 10.5. The lowest BCUT2D eigenvalue weighted by Crippen LogP contribution is -2.52. The van der Waals surface area contributed by atoms with Crippen LogP contribution in [0.3, 0.4) is 0 Å². The largest absolute Gasteiger partial charge is 0.488 e. The highest BCUT2D eigenvalue weighted by Gasteiger charge is 2.19. The Labute approximate surface area is 171 Å². The predicted octanol–water partition coefficient (Wildman–Crippen LogP) is 2.55. The lowest BCUT2D eigenvalue weighted by molar-refractivity contribution is 0.120. The highest BCUT2D eigenvalue weighted by atomic mass is 16.5. The van der Waals surface area contributed by atoms with Crippen molar-refractivity contribution < 1.29 is 4.74 Å². The molecular weight excluding hydrogens is 350 g/mol. The van der Waals surface area contributed by atoms with Crippen molar-refractivity contribution in [2.45, 2.75) is 52.8 Å². The van der Waals surface area contributed by atoms with Crippen LogP contribution in [0.25, 0.3) is 0 Å². The average molecular weight is 390 g/mol. The maximum Gasteiger partial charge on any atom is 0.191 e. The van der Waals surface area contributed by atoms with E-state index >= 15 is 0 Å². The number of hydrogen-bond acceptors (Lipinski definition) is 4. The molecule has 28 heavy (non-hydrogen) atoms. The molecule has 158 valence electrons. The third-order valence-electron chi connectivity index (χ3n) is 4.87. The number of ether oxygens (including phenoxy) is 1. The van der Waals surface area contributed by atoms with Gasteiger partial charge in [-0.1, -0.05) is 18.2 Å². The summed E-state index contributed by atoms with van der Waals surface area (Å²) in [6.45, 7) is 17.4. The standard InChI is InChI=1S/C22H39N5O/c1-7-23-21(24-16-18(2)27-14-12-26(6)13-15-27)25-17-19-10-8-9-11-20(19)28-22(3,4)5/h8-11,18H,7,12-17H2,1-6H3,(H2,23,24,25). The summed E-state index contributed by atoms with van der Waals surface area (Å²) in [5.41, 5.74) is 0.877. The fraction of sp³-hybridized carbons (Fsp3) is 0.682. The molecule has 1 heterocycles. The van der Waals surface area contributed by atoms with Crippen LogP contribution < -0.4 is 15.4 Å². The number of para-hydroxylation sites is 1. The molecule has 1 fully saturated rings. The fourth-order valence-electron chi connectivity index (χ4n) is 3.21. The van der Waals surface area contributed by atoms with E-state index in [-0.39, 0.29) is 5.60 Å². The van der Waals surface area contributed by atoms with Gasteiger partial charge in [0.1, 0.15) is 11.4 Å². The minimum atomic E-state index is -0.222. The van der Waals surface area contributed by atoms with Crippen molar-refractivity contribution in [2.75, 3.05) is 46.3 Å². The van der Waals surface area contributed by atoms with Gasteiger partial charge < -0.3 is 20.3 Å². The zero-order chi connectivity index (χ0) is 20.6. The Hall–Kier alpha value is -1.79. The lowest BCUT2D eigenvalue weighted by Gasteiger charge is -2.36. The molecule has 1 aliphatic rings. The Morgan fingerprint density at radius 3 is 2.46 bits per heavy atom. The molecule has 6 nitrogen and oxygen atoms in total. The summed E-state index contributed by atoms with van der Waals surface area (Å²) >= 11 is 0. The second kappa shape index (κ2) is 10.7. The zero-order valence-electron chi connectivity index (χ0n) is 18.6. The van der Waals surface area contributed by atoms with Gasteiger partial charge in [-0.05, 0) is 47.7 Å². The SMILES string of the molecule is CCNC(=NCc1ccccc1OC(C)(C)C)NCC(C)N1CCN(C)CC1. The highest BCUT2D eigenvalue weighted by Crippen LogP contribution is 2.23. The normalized spacial score (nSPS) is 18.0. The van der Waals surface area contributed by atoms with Gasteiger partial charge in [0.15, 0.2) is 5.96 Å². The van der Waals surface area contributed by atoms with Gasteiger partial charge in [0, 0.05) is 50.9 Å². The fourth-order valence-corrected chi connectivity index (χ4v) is 3.21. The van der Waals surface area contributed by atoms with Crippen molar-refractivity contribution in [3.05, 3.63) is 29.8 Å². The summed E-state index contributed by atoms with van der Waals surface area (Å²) < 4.78 is 6.09. The molecule has 6 heteroatoms. The van der Waals surface area contributed by atoms with E-state index in [0.29, 0.717) is 12.6 Å². The molecule has 1 unspecified atom stereocenters. The smallest absolute Gasteiger partial charge is 0.191 e. The Bertz CT molecular complexity index is 618. The van der Waals surface area contributed by atoms with Crippen molar-refractivity contribution in [2.24, 2.45) is 4.99 Å². The minimum absolute atomic E-state index is 0.222. The van der Waals surface area contributed by atoms with Crippen LogP contribution in [0.1, 0.15) is 40.2 Å². The molecule has 1 atom stereocenters. The number of aliphatic imine (C=N–C) groups is 1. The van der Waals surface area contributed by atoms with E-state index in [1.54, 1.807) is 0 Å². The molecule has 0 amide bonds. The maximum atomic E-state index is 6.09. The monoisotopic (exact) mass is 389 g/mol. The molecule has 0 aliphatic carbocycles. The Balaban J connectivity index is 1.95. The van der Waals surface area contributed by atoms with Gasteiger partial charge in [-0.3, -0.25) is 4.90 Å². The first-order valence-electron chi connectivity index (χ1n) is 10.5. The molecule has 0 bridgehead atoms. The second-order valence-corrected chi connectivity index (χ2v) is 8.59. The van der Waals surface area contributed by atoms with Crippen molar-refractivity contribution in [3.8, 4) is 5.75 Å². The summed E-state index contributed by atoms with van der Waals surface area (Å²) in [4.78, 5) is 9.72. The van der Waals surface area contributed by atoms with Crippen LogP contribution in [-0.4, -0.2) is 73.7 Å². The summed E-state index contributed by atoms with van der Waals surface area (Å²) in [6, 6.07) is 8.63. The van der Waals surface area contributed by atoms with Crippen molar-refractivity contribution in [1.29, 1.82) is 0 Å². The third-order valence-corrected chi connectivity index (χ3v) is 4.87. The molecule has 0 radical (unpaired) electrons. The molecule has 2 N–H and O–H groups in total. The van der Waals surface area contributed by atoms with Crippen LogP contribution in [0.5, 0.6) is 5.75 Å². The number of benzene rings is 1. The number of likely N-dealkylation sites (N-methyl/N-ethyl adjacent to an activating group) is 1. The third kappa shape index (κ3) is 7.68. The van der Waals surface area contributed by atoms with E-state index in [1.165, 1.54) is 0 Å². The molecule has 1 aromatic carbocycles. The van der Waals surface area contributed by atoms with Gasteiger partial charge in [-0.2, -0.15) is 0 Å². The topological polar surface area (TPSA) is 52.1 Å². The van der Waals surface area contributed by atoms with Gasteiger partial charge in [-0.25, -0.2) is 4.99 Å². The Morgan fingerprint density at radius 2 is 1.82 bits per heavy atom. The van der Waals surface area contributed by atoms with E-state index in [4.69, 9.17) is 9.73 Å². The molecule has 1 aliphatic heterocycles. The number of nitrogens with zero attached hydrogens (tertiary/aromatic N) is 3. The van der Waals surface area contributed by atoms with Gasteiger partial charge >= 0.3 is 0 Å². The van der Waals surface area contributed by atoms with Crippen molar-refractivity contribution >= 4 is 5.96 Å². The van der Waals surface area contributed by atoms with Gasteiger partial charge in [0.25, 0.3) is 0 Å². The van der Waals surface area contributed by atoms with E-state index < -0.39 is 0 Å². The molecular formula is C22H39N5O. The van der Waals surface area contributed by atoms with Crippen molar-refractivity contribution in [1.82, 2.24) is 20.4 Å². The Morgan fingerprint density at radius 1 is 1.14 bits per heavy atom. The zero-order valence-corrected chi connectivity index (χ0v) is 18.6. The number of hydrogen-bond donors (Lipinski definition) is 2. The molecule has 2 rings (SSSR count). The summed E-state index contributed by atoms with van der Waals surface area (Å²) in [6.07, 6.45) is 0.